The lowest BCUT2D eigenvalue weighted by Gasteiger charge is -2.30. The maximum Gasteiger partial charge on any atom is 0.243 e. The fourth-order valence-electron chi connectivity index (χ4n) is 3.75. The van der Waals surface area contributed by atoms with Crippen molar-refractivity contribution in [3.05, 3.63) is 29.8 Å². The number of aryl methyl sites for hydroxylation is 1. The molecule has 2 aliphatic heterocycles. The third kappa shape index (κ3) is 5.31. The van der Waals surface area contributed by atoms with Gasteiger partial charge in [-0.25, -0.2) is 8.42 Å². The number of nitrogens with one attached hydrogen (secondary N) is 1. The van der Waals surface area contributed by atoms with Gasteiger partial charge in [0.2, 0.25) is 15.9 Å². The van der Waals surface area contributed by atoms with E-state index in [0.29, 0.717) is 26.2 Å². The Morgan fingerprint density at radius 1 is 1.07 bits per heavy atom. The van der Waals surface area contributed by atoms with Gasteiger partial charge in [-0.05, 0) is 50.0 Å². The molecule has 1 N–H and O–H groups in total. The molecule has 1 aromatic rings. The molecule has 0 atom stereocenters. The lowest BCUT2D eigenvalue weighted by molar-refractivity contribution is -0.132. The third-order valence-electron chi connectivity index (χ3n) is 5.62. The van der Waals surface area contributed by atoms with Gasteiger partial charge < -0.3 is 15.1 Å². The van der Waals surface area contributed by atoms with Crippen LogP contribution in [0.25, 0.3) is 0 Å². The standard InChI is InChI=1S/C20H32N4O3S/c1-2-18-5-7-19(8-6-18)28(26,27)24(16-15-22-11-3-4-12-22)17-20(25)23-13-9-21-10-14-23/h5-8,21H,2-4,9-17H2,1H3. The van der Waals surface area contributed by atoms with Crippen LogP contribution in [0.5, 0.6) is 0 Å². The summed E-state index contributed by atoms with van der Waals surface area (Å²) < 4.78 is 27.9. The number of nitrogens with zero attached hydrogens (tertiary/aromatic N) is 3. The third-order valence-corrected chi connectivity index (χ3v) is 7.47. The van der Waals surface area contributed by atoms with Crippen molar-refractivity contribution in [2.24, 2.45) is 0 Å². The molecule has 0 aliphatic carbocycles. The maximum absolute atomic E-state index is 13.3. The summed E-state index contributed by atoms with van der Waals surface area (Å²) in [6.07, 6.45) is 3.18. The fraction of sp³-hybridized carbons (Fsp3) is 0.650. The second-order valence-corrected chi connectivity index (χ2v) is 9.45. The van der Waals surface area contributed by atoms with Crippen molar-refractivity contribution in [2.75, 3.05) is 58.9 Å². The molecule has 28 heavy (non-hydrogen) atoms. The average Bonchev–Trinajstić information content (AvgIpc) is 3.25. The number of sulfonamides is 1. The molecule has 2 aliphatic rings. The van der Waals surface area contributed by atoms with E-state index in [1.807, 2.05) is 19.1 Å². The monoisotopic (exact) mass is 408 g/mol. The fourth-order valence-corrected chi connectivity index (χ4v) is 5.14. The number of hydrogen-bond donors (Lipinski definition) is 1. The Kier molecular flexibility index (Phi) is 7.45. The van der Waals surface area contributed by atoms with Gasteiger partial charge in [0.05, 0.1) is 11.4 Å². The van der Waals surface area contributed by atoms with E-state index in [1.165, 1.54) is 4.31 Å². The molecular formula is C20H32N4O3S. The lowest BCUT2D eigenvalue weighted by atomic mass is 10.2. The van der Waals surface area contributed by atoms with Crippen LogP contribution in [0.3, 0.4) is 0 Å². The minimum atomic E-state index is -3.71. The normalized spacial score (nSPS) is 18.7. The number of piperazine rings is 1. The van der Waals surface area contributed by atoms with Gasteiger partial charge in [-0.2, -0.15) is 4.31 Å². The van der Waals surface area contributed by atoms with Crippen molar-refractivity contribution in [1.82, 2.24) is 19.4 Å². The Labute approximate surface area is 168 Å². The van der Waals surface area contributed by atoms with Crippen LogP contribution in [0.2, 0.25) is 0 Å². The number of carbonyl (C=O) groups excluding carboxylic acids is 1. The highest BCUT2D eigenvalue weighted by atomic mass is 32.2. The number of carbonyl (C=O) groups is 1. The molecule has 0 saturated carbocycles. The summed E-state index contributed by atoms with van der Waals surface area (Å²) in [6, 6.07) is 7.02. The maximum atomic E-state index is 13.3. The van der Waals surface area contributed by atoms with Gasteiger partial charge >= 0.3 is 0 Å². The van der Waals surface area contributed by atoms with E-state index in [0.717, 1.165) is 51.0 Å². The SMILES string of the molecule is CCc1ccc(S(=O)(=O)N(CCN2CCCC2)CC(=O)N2CCNCC2)cc1. The first kappa shape index (κ1) is 21.2. The van der Waals surface area contributed by atoms with E-state index in [-0.39, 0.29) is 17.3 Å². The molecule has 2 fully saturated rings. The van der Waals surface area contributed by atoms with Crippen molar-refractivity contribution in [3.8, 4) is 0 Å². The summed E-state index contributed by atoms with van der Waals surface area (Å²) in [5.74, 6) is -0.114. The Morgan fingerprint density at radius 2 is 1.71 bits per heavy atom. The first-order valence-corrected chi connectivity index (χ1v) is 11.7. The van der Waals surface area contributed by atoms with E-state index >= 15 is 0 Å². The van der Waals surface area contributed by atoms with Gasteiger partial charge in [0, 0.05) is 39.3 Å². The molecule has 3 rings (SSSR count). The lowest BCUT2D eigenvalue weighted by Crippen LogP contribution is -2.51. The molecular weight excluding hydrogens is 376 g/mol. The molecule has 0 spiro atoms. The van der Waals surface area contributed by atoms with Crippen LogP contribution in [-0.4, -0.2) is 87.3 Å². The Bertz CT molecular complexity index is 739. The second-order valence-electron chi connectivity index (χ2n) is 7.52. The molecule has 1 amide bonds. The van der Waals surface area contributed by atoms with Crippen LogP contribution < -0.4 is 5.32 Å². The summed E-state index contributed by atoms with van der Waals surface area (Å²) >= 11 is 0. The molecule has 7 nitrogen and oxygen atoms in total. The van der Waals surface area contributed by atoms with E-state index < -0.39 is 10.0 Å². The Morgan fingerprint density at radius 3 is 2.32 bits per heavy atom. The number of benzene rings is 1. The number of hydrogen-bond acceptors (Lipinski definition) is 5. The van der Waals surface area contributed by atoms with Crippen LogP contribution in [0.1, 0.15) is 25.3 Å². The second kappa shape index (κ2) is 9.82. The van der Waals surface area contributed by atoms with Crippen LogP contribution in [0, 0.1) is 0 Å². The van der Waals surface area contributed by atoms with E-state index in [9.17, 15) is 13.2 Å². The minimum absolute atomic E-state index is 0.0916. The topological polar surface area (TPSA) is 73.0 Å². The first-order valence-electron chi connectivity index (χ1n) is 10.3. The quantitative estimate of drug-likeness (QED) is 0.688. The molecule has 8 heteroatoms. The van der Waals surface area contributed by atoms with E-state index in [4.69, 9.17) is 0 Å². The molecule has 0 radical (unpaired) electrons. The summed E-state index contributed by atoms with van der Waals surface area (Å²) in [7, 11) is -3.71. The number of amides is 1. The predicted octanol–water partition coefficient (Wildman–Crippen LogP) is 0.767. The summed E-state index contributed by atoms with van der Waals surface area (Å²) in [6.45, 7) is 7.74. The highest BCUT2D eigenvalue weighted by molar-refractivity contribution is 7.89. The van der Waals surface area contributed by atoms with E-state index in [1.54, 1.807) is 17.0 Å². The van der Waals surface area contributed by atoms with Crippen molar-refractivity contribution in [2.45, 2.75) is 31.1 Å². The Hall–Kier alpha value is -1.48. The molecule has 2 saturated heterocycles. The molecule has 0 bridgehead atoms. The minimum Gasteiger partial charge on any atom is -0.339 e. The zero-order chi connectivity index (χ0) is 20.0. The van der Waals surface area contributed by atoms with Crippen molar-refractivity contribution < 1.29 is 13.2 Å². The van der Waals surface area contributed by atoms with Gasteiger partial charge in [0.25, 0.3) is 0 Å². The largest absolute Gasteiger partial charge is 0.339 e. The van der Waals surface area contributed by atoms with E-state index in [2.05, 4.69) is 10.2 Å². The van der Waals surface area contributed by atoms with Crippen molar-refractivity contribution in [1.29, 1.82) is 0 Å². The molecule has 1 aromatic carbocycles. The zero-order valence-corrected chi connectivity index (χ0v) is 17.6. The van der Waals surface area contributed by atoms with Crippen LogP contribution in [-0.2, 0) is 21.2 Å². The van der Waals surface area contributed by atoms with Gasteiger partial charge in [-0.3, -0.25) is 4.79 Å². The van der Waals surface area contributed by atoms with Gasteiger partial charge in [-0.1, -0.05) is 19.1 Å². The molecule has 0 unspecified atom stereocenters. The highest BCUT2D eigenvalue weighted by Crippen LogP contribution is 2.18. The zero-order valence-electron chi connectivity index (χ0n) is 16.8. The summed E-state index contributed by atoms with van der Waals surface area (Å²) in [5, 5.41) is 3.22. The number of rotatable bonds is 8. The predicted molar refractivity (Wildman–Crippen MR) is 110 cm³/mol. The van der Waals surface area contributed by atoms with Crippen molar-refractivity contribution in [3.63, 3.8) is 0 Å². The smallest absolute Gasteiger partial charge is 0.243 e. The van der Waals surface area contributed by atoms with Crippen LogP contribution >= 0.6 is 0 Å². The first-order chi connectivity index (χ1) is 13.5. The average molecular weight is 409 g/mol. The molecule has 156 valence electrons. The van der Waals surface area contributed by atoms with Crippen LogP contribution in [0.4, 0.5) is 0 Å². The highest BCUT2D eigenvalue weighted by Gasteiger charge is 2.29. The Balaban J connectivity index is 1.75. The number of likely N-dealkylation sites (tertiary alicyclic amines) is 1. The van der Waals surface area contributed by atoms with Gasteiger partial charge in [0.1, 0.15) is 0 Å². The summed E-state index contributed by atoms with van der Waals surface area (Å²) in [4.78, 5) is 17.1. The summed E-state index contributed by atoms with van der Waals surface area (Å²) in [5.41, 5.74) is 1.10. The van der Waals surface area contributed by atoms with Gasteiger partial charge in [0.15, 0.2) is 0 Å². The van der Waals surface area contributed by atoms with Crippen LogP contribution in [0.15, 0.2) is 29.2 Å². The molecule has 0 aromatic heterocycles. The van der Waals surface area contributed by atoms with Gasteiger partial charge in [-0.15, -0.1) is 0 Å². The van der Waals surface area contributed by atoms with Crippen molar-refractivity contribution >= 4 is 15.9 Å². The molecule has 2 heterocycles.